The molecule has 9 heteroatoms. The summed E-state index contributed by atoms with van der Waals surface area (Å²) in [5.41, 5.74) is 1.04. The lowest BCUT2D eigenvalue weighted by Crippen LogP contribution is -2.34. The molecular formula is C28H32F3N3O2S. The van der Waals surface area contributed by atoms with Crippen LogP contribution in [0.5, 0.6) is 5.75 Å². The fourth-order valence-corrected chi connectivity index (χ4v) is 6.15. The van der Waals surface area contributed by atoms with Crippen LogP contribution in [0.25, 0.3) is 11.1 Å². The average molecular weight is 532 g/mol. The number of aromatic nitrogens is 1. The molecule has 1 aliphatic heterocycles. The third-order valence-corrected chi connectivity index (χ3v) is 7.99. The van der Waals surface area contributed by atoms with Crippen molar-refractivity contribution >= 4 is 11.8 Å². The molecule has 1 atom stereocenters. The zero-order valence-electron chi connectivity index (χ0n) is 21.3. The molecule has 0 aliphatic carbocycles. The van der Waals surface area contributed by atoms with Gasteiger partial charge in [-0.15, -0.1) is 11.8 Å². The first kappa shape index (κ1) is 27.3. The van der Waals surface area contributed by atoms with Crippen molar-refractivity contribution in [1.82, 2.24) is 15.2 Å². The average Bonchev–Trinajstić information content (AvgIpc) is 3.30. The quantitative estimate of drug-likeness (QED) is 0.338. The lowest BCUT2D eigenvalue weighted by Gasteiger charge is -2.21. The monoisotopic (exact) mass is 531 g/mol. The number of thioether (sulfide) groups is 1. The van der Waals surface area contributed by atoms with Crippen molar-refractivity contribution in [2.45, 2.75) is 37.8 Å². The number of halogens is 3. The summed E-state index contributed by atoms with van der Waals surface area (Å²) >= 11 is 1.50. The summed E-state index contributed by atoms with van der Waals surface area (Å²) in [4.78, 5) is 13.9. The predicted molar refractivity (Wildman–Crippen MR) is 142 cm³/mol. The molecule has 37 heavy (non-hydrogen) atoms. The number of ether oxygens (including phenoxy) is 1. The van der Waals surface area contributed by atoms with E-state index in [2.05, 4.69) is 17.6 Å². The lowest BCUT2D eigenvalue weighted by atomic mass is 9.94. The van der Waals surface area contributed by atoms with Gasteiger partial charge in [-0.25, -0.2) is 13.2 Å². The van der Waals surface area contributed by atoms with Crippen molar-refractivity contribution in [3.05, 3.63) is 80.9 Å². The number of hydrogen-bond donors (Lipinski definition) is 2. The Labute approximate surface area is 219 Å². The van der Waals surface area contributed by atoms with Crippen LogP contribution < -0.4 is 20.9 Å². The summed E-state index contributed by atoms with van der Waals surface area (Å²) in [5.74, 6) is -1.29. The summed E-state index contributed by atoms with van der Waals surface area (Å²) < 4.78 is 51.5. The highest BCUT2D eigenvalue weighted by atomic mass is 32.2. The molecule has 2 heterocycles. The van der Waals surface area contributed by atoms with E-state index >= 15 is 4.39 Å². The Balaban J connectivity index is 1.81. The van der Waals surface area contributed by atoms with E-state index in [1.807, 2.05) is 0 Å². The maximum absolute atomic E-state index is 15.4. The first-order chi connectivity index (χ1) is 17.9. The van der Waals surface area contributed by atoms with Crippen molar-refractivity contribution in [2.24, 2.45) is 0 Å². The first-order valence-electron chi connectivity index (χ1n) is 12.5. The SMILES string of the molecule is CCNCCCNCC1CSc2c(Cc3c(F)cccc3F)c(C)c(-c3cccc(OC)c3F)c(=O)n21. The van der Waals surface area contributed by atoms with E-state index in [1.54, 1.807) is 17.6 Å². The molecule has 0 amide bonds. The Morgan fingerprint density at radius 3 is 2.46 bits per heavy atom. The van der Waals surface area contributed by atoms with Gasteiger partial charge >= 0.3 is 0 Å². The maximum atomic E-state index is 15.4. The molecule has 0 saturated carbocycles. The van der Waals surface area contributed by atoms with Crippen molar-refractivity contribution in [2.75, 3.05) is 39.0 Å². The van der Waals surface area contributed by atoms with Gasteiger partial charge in [0, 0.05) is 29.8 Å². The lowest BCUT2D eigenvalue weighted by molar-refractivity contribution is 0.387. The van der Waals surface area contributed by atoms with E-state index in [0.717, 1.165) is 26.1 Å². The van der Waals surface area contributed by atoms with Crippen molar-refractivity contribution < 1.29 is 17.9 Å². The van der Waals surface area contributed by atoms with Crippen LogP contribution in [-0.4, -0.2) is 43.6 Å². The normalized spacial score (nSPS) is 14.7. The molecule has 0 bridgehead atoms. The second-order valence-corrected chi connectivity index (χ2v) is 10.0. The van der Waals surface area contributed by atoms with Crippen LogP contribution in [0.15, 0.2) is 46.2 Å². The van der Waals surface area contributed by atoms with Crippen molar-refractivity contribution in [1.29, 1.82) is 0 Å². The van der Waals surface area contributed by atoms with Gasteiger partial charge < -0.3 is 15.4 Å². The Hall–Kier alpha value is -2.75. The van der Waals surface area contributed by atoms with E-state index in [-0.39, 0.29) is 40.5 Å². The van der Waals surface area contributed by atoms with Gasteiger partial charge in [0.2, 0.25) is 0 Å². The van der Waals surface area contributed by atoms with Gasteiger partial charge in [0.25, 0.3) is 5.56 Å². The highest BCUT2D eigenvalue weighted by Gasteiger charge is 2.32. The highest BCUT2D eigenvalue weighted by Crippen LogP contribution is 2.40. The van der Waals surface area contributed by atoms with Crippen LogP contribution in [0.3, 0.4) is 0 Å². The summed E-state index contributed by atoms with van der Waals surface area (Å²) in [6, 6.07) is 8.25. The summed E-state index contributed by atoms with van der Waals surface area (Å²) in [6.45, 7) is 6.93. The molecule has 4 rings (SSSR count). The number of rotatable bonds is 11. The van der Waals surface area contributed by atoms with E-state index in [4.69, 9.17) is 4.74 Å². The van der Waals surface area contributed by atoms with E-state index in [9.17, 15) is 13.6 Å². The molecule has 0 spiro atoms. The minimum Gasteiger partial charge on any atom is -0.494 e. The van der Waals surface area contributed by atoms with Gasteiger partial charge in [-0.1, -0.05) is 25.1 Å². The van der Waals surface area contributed by atoms with E-state index in [0.29, 0.717) is 28.5 Å². The van der Waals surface area contributed by atoms with Gasteiger partial charge in [0.15, 0.2) is 11.6 Å². The number of pyridine rings is 1. The molecule has 2 N–H and O–H groups in total. The second kappa shape index (κ2) is 12.2. The Kier molecular flexibility index (Phi) is 9.00. The fourth-order valence-electron chi connectivity index (χ4n) is 4.77. The first-order valence-corrected chi connectivity index (χ1v) is 13.5. The number of hydrogen-bond acceptors (Lipinski definition) is 5. The van der Waals surface area contributed by atoms with Crippen LogP contribution in [0, 0.1) is 24.4 Å². The number of methoxy groups -OCH3 is 1. The molecule has 2 aromatic carbocycles. The number of nitrogens with one attached hydrogen (secondary N) is 2. The third-order valence-electron chi connectivity index (χ3n) is 6.72. The van der Waals surface area contributed by atoms with Crippen molar-refractivity contribution in [3.8, 4) is 16.9 Å². The van der Waals surface area contributed by atoms with Crippen LogP contribution in [0.1, 0.15) is 36.1 Å². The standard InChI is InChI=1S/C28H32F3N3O2S/c1-4-32-12-7-13-33-15-18-16-37-28-20(14-21-22(29)9-6-10-23(21)30)17(2)25(27(35)34(18)28)19-8-5-11-24(36-3)26(19)31/h5-6,8-11,18,32-33H,4,7,12-16H2,1-3H3. The third kappa shape index (κ3) is 5.58. The van der Waals surface area contributed by atoms with Gasteiger partial charge in [-0.3, -0.25) is 9.36 Å². The maximum Gasteiger partial charge on any atom is 0.260 e. The molecular weight excluding hydrogens is 499 g/mol. The zero-order valence-corrected chi connectivity index (χ0v) is 22.1. The zero-order chi connectivity index (χ0) is 26.5. The summed E-state index contributed by atoms with van der Waals surface area (Å²) in [6.07, 6.45) is 0.899. The Morgan fingerprint density at radius 1 is 1.05 bits per heavy atom. The molecule has 1 aromatic heterocycles. The van der Waals surface area contributed by atoms with Crippen LogP contribution in [0.2, 0.25) is 0 Å². The topological polar surface area (TPSA) is 55.3 Å². The molecule has 198 valence electrons. The van der Waals surface area contributed by atoms with Crippen LogP contribution in [0.4, 0.5) is 13.2 Å². The summed E-state index contributed by atoms with van der Waals surface area (Å²) in [7, 11) is 1.37. The van der Waals surface area contributed by atoms with Gasteiger partial charge in [0.1, 0.15) is 11.6 Å². The van der Waals surface area contributed by atoms with Crippen LogP contribution in [-0.2, 0) is 6.42 Å². The van der Waals surface area contributed by atoms with Gasteiger partial charge in [-0.05, 0) is 62.3 Å². The van der Waals surface area contributed by atoms with Gasteiger partial charge in [0.05, 0.1) is 23.7 Å². The number of benzene rings is 2. The molecule has 0 radical (unpaired) electrons. The molecule has 5 nitrogen and oxygen atoms in total. The molecule has 0 saturated heterocycles. The molecule has 1 aliphatic rings. The van der Waals surface area contributed by atoms with Gasteiger partial charge in [-0.2, -0.15) is 0 Å². The summed E-state index contributed by atoms with van der Waals surface area (Å²) in [5, 5.41) is 7.38. The van der Waals surface area contributed by atoms with E-state index < -0.39 is 17.5 Å². The predicted octanol–water partition coefficient (Wildman–Crippen LogP) is 5.08. The molecule has 1 unspecified atom stereocenters. The largest absolute Gasteiger partial charge is 0.494 e. The smallest absolute Gasteiger partial charge is 0.260 e. The van der Waals surface area contributed by atoms with E-state index in [1.165, 1.54) is 49.2 Å². The fraction of sp³-hybridized carbons (Fsp3) is 0.393. The Bertz CT molecular complexity index is 1310. The molecule has 0 fully saturated rings. The van der Waals surface area contributed by atoms with Crippen LogP contribution >= 0.6 is 11.8 Å². The minimum absolute atomic E-state index is 0.0248. The Morgan fingerprint density at radius 2 is 1.76 bits per heavy atom. The number of nitrogens with zero attached hydrogens (tertiary/aromatic N) is 1. The minimum atomic E-state index is -0.652. The highest BCUT2D eigenvalue weighted by molar-refractivity contribution is 7.99. The van der Waals surface area contributed by atoms with Crippen molar-refractivity contribution in [3.63, 3.8) is 0 Å². The molecule has 3 aromatic rings. The number of fused-ring (bicyclic) bond motifs is 1. The second-order valence-electron chi connectivity index (χ2n) is 9.03.